The fourth-order valence-electron chi connectivity index (χ4n) is 6.64. The summed E-state index contributed by atoms with van der Waals surface area (Å²) in [6.45, 7) is 0.910. The van der Waals surface area contributed by atoms with E-state index in [2.05, 4.69) is 87.4 Å². The maximum Gasteiger partial charge on any atom is 0.322 e. The van der Waals surface area contributed by atoms with E-state index in [0.717, 1.165) is 11.1 Å². The number of aliphatic carboxylic acids is 1. The van der Waals surface area contributed by atoms with Gasteiger partial charge in [0, 0.05) is 31.4 Å². The highest BCUT2D eigenvalue weighted by Gasteiger charge is 2.28. The average molecular weight is 853 g/mol. The first-order valence-corrected chi connectivity index (χ1v) is 20.7. The Bertz CT molecular complexity index is 2310. The van der Waals surface area contributed by atoms with Crippen LogP contribution in [0.25, 0.3) is 11.1 Å². The summed E-state index contributed by atoms with van der Waals surface area (Å²) in [5, 5.41) is 24.6. The number of fused-ring (bicyclic) bond motifs is 18. The van der Waals surface area contributed by atoms with Gasteiger partial charge >= 0.3 is 5.97 Å². The third kappa shape index (κ3) is 16.1. The lowest BCUT2D eigenvalue weighted by Crippen LogP contribution is -2.56. The van der Waals surface area contributed by atoms with Gasteiger partial charge < -0.3 is 37.0 Å². The van der Waals surface area contributed by atoms with Gasteiger partial charge in [-0.25, -0.2) is 0 Å². The van der Waals surface area contributed by atoms with Crippen LogP contribution in [0.15, 0.2) is 140 Å². The Kier molecular flexibility index (Phi) is 17.7. The lowest BCUT2D eigenvalue weighted by Gasteiger charge is -2.24. The van der Waals surface area contributed by atoms with Crippen molar-refractivity contribution in [2.45, 2.75) is 63.6 Å². The van der Waals surface area contributed by atoms with E-state index in [1.165, 1.54) is 16.7 Å². The highest BCUT2D eigenvalue weighted by Crippen LogP contribution is 2.19. The molecule has 5 aromatic rings. The Hall–Kier alpha value is -7.61. The van der Waals surface area contributed by atoms with Crippen molar-refractivity contribution in [2.24, 2.45) is 0 Å². The Morgan fingerprint density at radius 3 is 1.83 bits per heavy atom. The highest BCUT2D eigenvalue weighted by molar-refractivity contribution is 5.96. The Morgan fingerprint density at radius 1 is 0.619 bits per heavy atom. The minimum Gasteiger partial charge on any atom is -0.480 e. The van der Waals surface area contributed by atoms with E-state index in [1.807, 2.05) is 42.5 Å². The van der Waals surface area contributed by atoms with Gasteiger partial charge in [-0.3, -0.25) is 33.6 Å². The van der Waals surface area contributed by atoms with Gasteiger partial charge in [-0.2, -0.15) is 0 Å². The van der Waals surface area contributed by atoms with Crippen LogP contribution in [0.1, 0.15) is 41.5 Å². The van der Waals surface area contributed by atoms with Crippen LogP contribution in [0, 0.1) is 6.92 Å². The van der Waals surface area contributed by atoms with Gasteiger partial charge in [0.25, 0.3) is 0 Å². The fourth-order valence-corrected chi connectivity index (χ4v) is 6.64. The molecule has 5 aromatic carbocycles. The molecule has 2 bridgehead atoms. The number of carboxylic acids is 1. The summed E-state index contributed by atoms with van der Waals surface area (Å²) in [7, 11) is 0. The van der Waals surface area contributed by atoms with Gasteiger partial charge in [-0.05, 0) is 59.7 Å². The second kappa shape index (κ2) is 24.0. The molecule has 0 spiro atoms. The molecule has 2 heterocycles. The summed E-state index contributed by atoms with van der Waals surface area (Å²) in [5.74, 6) is -5.04. The molecule has 0 unspecified atom stereocenters. The Balaban J connectivity index is 0.000000487. The van der Waals surface area contributed by atoms with Crippen molar-refractivity contribution >= 4 is 47.1 Å². The molecule has 14 nitrogen and oxygen atoms in total. The van der Waals surface area contributed by atoms with Gasteiger partial charge in [0.2, 0.25) is 35.4 Å². The van der Waals surface area contributed by atoms with Crippen LogP contribution in [0.3, 0.4) is 0 Å². The van der Waals surface area contributed by atoms with Crippen LogP contribution in [0.5, 0.6) is 0 Å². The number of nitrogens with one attached hydrogen (secondary N) is 6. The van der Waals surface area contributed by atoms with Crippen molar-refractivity contribution in [3.63, 3.8) is 0 Å². The topological polar surface area (TPSA) is 212 Å². The van der Waals surface area contributed by atoms with Crippen LogP contribution >= 0.6 is 0 Å². The number of hydrogen-bond acceptors (Lipinski definition) is 7. The minimum atomic E-state index is -1.27. The number of carboxylic acid groups (broad SMARTS) is 1. The first-order valence-electron chi connectivity index (χ1n) is 20.7. The zero-order chi connectivity index (χ0) is 45.0. The molecule has 3 atom stereocenters. The largest absolute Gasteiger partial charge is 0.480 e. The number of carbonyl (C=O) groups is 7. The van der Waals surface area contributed by atoms with Gasteiger partial charge in [0.15, 0.2) is 0 Å². The predicted molar refractivity (Wildman–Crippen MR) is 239 cm³/mol. The molecule has 0 saturated heterocycles. The maximum absolute atomic E-state index is 13.7. The van der Waals surface area contributed by atoms with Crippen molar-refractivity contribution in [3.8, 4) is 11.1 Å². The quantitative estimate of drug-likeness (QED) is 0.106. The number of amides is 6. The second-order valence-corrected chi connectivity index (χ2v) is 15.0. The van der Waals surface area contributed by atoms with Crippen molar-refractivity contribution in [3.05, 3.63) is 162 Å². The second-order valence-electron chi connectivity index (χ2n) is 15.0. The summed E-state index contributed by atoms with van der Waals surface area (Å²) >= 11 is 0. The summed E-state index contributed by atoms with van der Waals surface area (Å²) < 4.78 is 0. The van der Waals surface area contributed by atoms with Crippen LogP contribution in [-0.2, 0) is 52.8 Å². The van der Waals surface area contributed by atoms with Crippen molar-refractivity contribution in [2.75, 3.05) is 18.4 Å². The average Bonchev–Trinajstić information content (AvgIpc) is 3.29. The van der Waals surface area contributed by atoms with E-state index in [0.29, 0.717) is 17.7 Å². The van der Waals surface area contributed by atoms with E-state index in [9.17, 15) is 33.6 Å². The van der Waals surface area contributed by atoms with Gasteiger partial charge in [-0.1, -0.05) is 133 Å². The molecule has 0 aliphatic carbocycles. The number of hydrogen-bond donors (Lipinski definition) is 7. The highest BCUT2D eigenvalue weighted by atomic mass is 16.4. The molecule has 2 aliphatic rings. The first kappa shape index (κ1) is 46.5. The Labute approximate surface area is 366 Å². The molecule has 0 aromatic heterocycles. The number of rotatable bonds is 9. The van der Waals surface area contributed by atoms with E-state index >= 15 is 0 Å². The van der Waals surface area contributed by atoms with E-state index in [-0.39, 0.29) is 32.1 Å². The number of anilines is 1. The SMILES string of the molecule is Cc1ccc(-c2ccccc2)cc1.O=C(O)CNC(=O)[C@@H]1Cc2ccc(cc2)NC(=O)CCC(=O)N[C@H](Cc2ccccc2)C(=O)NCC(=O)N[C@H](CCc2ccccc2)C(=O)N1. The van der Waals surface area contributed by atoms with Crippen molar-refractivity contribution in [1.29, 1.82) is 0 Å². The number of carbonyl (C=O) groups excluding carboxylic acids is 6. The standard InChI is InChI=1S/C36H40N6O8.C13H12/c43-30-17-18-31(44)41-28(19-24-9-5-2-6-10-24)34(48)37-21-32(45)40-27(16-13-23-7-3-1-4-8-23)36(50)42-29(35(49)38-22-33(46)47)20-25-11-14-26(39-30)15-12-25;1-11-7-9-13(10-8-11)12-5-3-2-4-6-12/h1-12,14-15,27-29H,13,16-22H2,(H,37,48)(H,38,49)(H,39,43)(H,40,45)(H,41,44)(H,42,50)(H,46,47);2-10H,1H3/t27-,28-,29+;/m1./s1. The van der Waals surface area contributed by atoms with Gasteiger partial charge in [0.1, 0.15) is 24.7 Å². The molecule has 326 valence electrons. The van der Waals surface area contributed by atoms with Crippen molar-refractivity contribution < 1.29 is 38.7 Å². The van der Waals surface area contributed by atoms with E-state index in [4.69, 9.17) is 5.11 Å². The summed E-state index contributed by atoms with van der Waals surface area (Å²) in [6, 6.07) is 40.3. The molecular weight excluding hydrogens is 801 g/mol. The van der Waals surface area contributed by atoms with Crippen LogP contribution in [-0.4, -0.2) is 77.7 Å². The molecule has 0 radical (unpaired) electrons. The summed E-state index contributed by atoms with van der Waals surface area (Å²) in [5.41, 5.74) is 6.52. The lowest BCUT2D eigenvalue weighted by atomic mass is 10.0. The molecule has 0 fully saturated rings. The number of aryl methyl sites for hydroxylation is 2. The smallest absolute Gasteiger partial charge is 0.322 e. The molecule has 7 rings (SSSR count). The molecule has 6 amide bonds. The van der Waals surface area contributed by atoms with Crippen molar-refractivity contribution in [1.82, 2.24) is 26.6 Å². The van der Waals surface area contributed by atoms with Crippen LogP contribution < -0.4 is 31.9 Å². The fraction of sp³-hybridized carbons (Fsp3) is 0.245. The molecular formula is C49H52N6O8. The van der Waals surface area contributed by atoms with Gasteiger partial charge in [0.05, 0.1) is 6.54 Å². The summed E-state index contributed by atoms with van der Waals surface area (Å²) in [4.78, 5) is 89.9. The first-order chi connectivity index (χ1) is 30.4. The predicted octanol–water partition coefficient (Wildman–Crippen LogP) is 4.27. The monoisotopic (exact) mass is 852 g/mol. The van der Waals surface area contributed by atoms with Crippen LogP contribution in [0.2, 0.25) is 0 Å². The van der Waals surface area contributed by atoms with E-state index < -0.39 is 72.6 Å². The zero-order valence-electron chi connectivity index (χ0n) is 35.0. The molecule has 0 saturated carbocycles. The minimum absolute atomic E-state index is 0.0379. The molecule has 14 heteroatoms. The zero-order valence-corrected chi connectivity index (χ0v) is 35.0. The number of benzene rings is 5. The lowest BCUT2D eigenvalue weighted by molar-refractivity contribution is -0.138. The molecule has 2 aliphatic heterocycles. The summed E-state index contributed by atoms with van der Waals surface area (Å²) in [6.07, 6.45) is 0.237. The molecule has 63 heavy (non-hydrogen) atoms. The third-order valence-corrected chi connectivity index (χ3v) is 10.0. The normalized spacial score (nSPS) is 17.5. The van der Waals surface area contributed by atoms with Crippen LogP contribution in [0.4, 0.5) is 5.69 Å². The Morgan fingerprint density at radius 2 is 1.19 bits per heavy atom. The molecule has 7 N–H and O–H groups in total. The third-order valence-electron chi connectivity index (χ3n) is 10.0. The van der Waals surface area contributed by atoms with E-state index in [1.54, 1.807) is 48.5 Å². The maximum atomic E-state index is 13.7. The van der Waals surface area contributed by atoms with Gasteiger partial charge in [-0.15, -0.1) is 0 Å².